The molecule has 0 unspecified atom stereocenters. The summed E-state index contributed by atoms with van der Waals surface area (Å²) in [6.45, 7) is -0.243. The maximum Gasteiger partial charge on any atom is 0.329 e. The molecule has 11 heteroatoms. The molecule has 48 heavy (non-hydrogen) atoms. The molecule has 3 aliphatic heterocycles. The Morgan fingerprint density at radius 2 is 0.896 bits per heavy atom. The van der Waals surface area contributed by atoms with Crippen LogP contribution in [0.25, 0.3) is 0 Å². The van der Waals surface area contributed by atoms with Crippen molar-refractivity contribution < 1.29 is 34.2 Å². The van der Waals surface area contributed by atoms with Crippen molar-refractivity contribution in [2.75, 3.05) is 10.6 Å². The van der Waals surface area contributed by atoms with Crippen molar-refractivity contribution in [2.24, 2.45) is 0 Å². The fourth-order valence-electron chi connectivity index (χ4n) is 6.11. The first-order valence-electron chi connectivity index (χ1n) is 15.2. The molecule has 4 N–H and O–H groups in total. The summed E-state index contributed by atoms with van der Waals surface area (Å²) in [6.07, 6.45) is 0.139. The summed E-state index contributed by atoms with van der Waals surface area (Å²) in [5.41, 5.74) is 3.85. The zero-order chi connectivity index (χ0) is 33.5. The zero-order valence-electron chi connectivity index (χ0n) is 25.4. The number of fused-ring (bicyclic) bond motifs is 2. The van der Waals surface area contributed by atoms with Crippen LogP contribution in [0.5, 0.6) is 0 Å². The SMILES string of the molecule is O=C1Nc2ccc(CN3C(=O)N(Cc4ccc5c(c4)C(=O)C(=O)N5)C(Cc4ccccc4)=C(O)C(O)=C3Cc3ccccc3)cc2C1=O. The summed E-state index contributed by atoms with van der Waals surface area (Å²) >= 11 is 0. The van der Waals surface area contributed by atoms with E-state index < -0.39 is 40.9 Å². The fourth-order valence-corrected chi connectivity index (χ4v) is 6.11. The highest BCUT2D eigenvalue weighted by Gasteiger charge is 2.37. The van der Waals surface area contributed by atoms with Crippen LogP contribution < -0.4 is 10.6 Å². The lowest BCUT2D eigenvalue weighted by atomic mass is 10.0. The van der Waals surface area contributed by atoms with Crippen LogP contribution in [0.15, 0.2) is 120 Å². The van der Waals surface area contributed by atoms with E-state index in [2.05, 4.69) is 10.6 Å². The van der Waals surface area contributed by atoms with Gasteiger partial charge in [0.05, 0.1) is 47.0 Å². The van der Waals surface area contributed by atoms with Gasteiger partial charge in [-0.25, -0.2) is 4.79 Å². The number of aliphatic hydroxyl groups is 2. The van der Waals surface area contributed by atoms with E-state index in [0.717, 1.165) is 11.1 Å². The number of carbonyl (C=O) groups excluding carboxylic acids is 5. The van der Waals surface area contributed by atoms with Crippen LogP contribution in [0, 0.1) is 0 Å². The molecule has 0 bridgehead atoms. The minimum atomic E-state index is -0.745. The molecule has 0 aromatic heterocycles. The van der Waals surface area contributed by atoms with Gasteiger partial charge >= 0.3 is 6.03 Å². The first-order valence-corrected chi connectivity index (χ1v) is 15.2. The third-order valence-electron chi connectivity index (χ3n) is 8.56. The Balaban J connectivity index is 1.34. The number of carbonyl (C=O) groups is 5. The molecule has 4 aromatic carbocycles. The first-order chi connectivity index (χ1) is 23.2. The second-order valence-corrected chi connectivity index (χ2v) is 11.7. The van der Waals surface area contributed by atoms with Gasteiger partial charge in [-0.05, 0) is 46.5 Å². The van der Waals surface area contributed by atoms with Crippen molar-refractivity contribution in [2.45, 2.75) is 25.9 Å². The van der Waals surface area contributed by atoms with Gasteiger partial charge in [-0.3, -0.25) is 29.0 Å². The second-order valence-electron chi connectivity index (χ2n) is 11.7. The van der Waals surface area contributed by atoms with Crippen LogP contribution in [0.3, 0.4) is 0 Å². The molecule has 0 aliphatic carbocycles. The number of urea groups is 1. The average molecular weight is 641 g/mol. The van der Waals surface area contributed by atoms with Crippen molar-refractivity contribution in [3.05, 3.63) is 153 Å². The van der Waals surface area contributed by atoms with Crippen molar-refractivity contribution in [3.63, 3.8) is 0 Å². The van der Waals surface area contributed by atoms with Gasteiger partial charge in [-0.15, -0.1) is 0 Å². The molecular weight excluding hydrogens is 612 g/mol. The highest BCUT2D eigenvalue weighted by Crippen LogP contribution is 2.34. The number of anilines is 2. The molecule has 0 atom stereocenters. The predicted molar refractivity (Wildman–Crippen MR) is 175 cm³/mol. The summed E-state index contributed by atoms with van der Waals surface area (Å²) in [4.78, 5) is 66.6. The standard InChI is InChI=1S/C37H28N4O7/c42-31-25-15-23(11-13-27(25)38-35(31)46)19-40-29(17-21-7-3-1-4-8-21)33(44)34(45)30(18-22-9-5-2-6-10-22)41(37(40)48)20-24-12-14-28-26(16-24)32(43)36(47)39-28/h1-16,44-45H,17-20H2,(H,38,42,46)(H,39,43,47). The molecule has 0 radical (unpaired) electrons. The maximum absolute atomic E-state index is 14.8. The zero-order valence-corrected chi connectivity index (χ0v) is 25.4. The minimum Gasteiger partial charge on any atom is -0.503 e. The van der Waals surface area contributed by atoms with E-state index >= 15 is 0 Å². The van der Waals surface area contributed by atoms with Crippen LogP contribution in [0.2, 0.25) is 0 Å². The van der Waals surface area contributed by atoms with Crippen LogP contribution in [0.4, 0.5) is 16.2 Å². The summed E-state index contributed by atoms with van der Waals surface area (Å²) in [5.74, 6) is -3.86. The number of nitrogens with one attached hydrogen (secondary N) is 2. The molecule has 3 aliphatic rings. The van der Waals surface area contributed by atoms with Crippen molar-refractivity contribution in [1.82, 2.24) is 9.80 Å². The number of rotatable bonds is 8. The number of nitrogens with zero attached hydrogens (tertiary/aromatic N) is 2. The third-order valence-corrected chi connectivity index (χ3v) is 8.56. The summed E-state index contributed by atoms with van der Waals surface area (Å²) in [6, 6.07) is 27.3. The number of allylic oxidation sites excluding steroid dienone is 2. The van der Waals surface area contributed by atoms with Gasteiger partial charge in [-0.1, -0.05) is 72.8 Å². The molecule has 4 amide bonds. The van der Waals surface area contributed by atoms with Gasteiger partial charge in [0, 0.05) is 12.8 Å². The molecule has 0 spiro atoms. The van der Waals surface area contributed by atoms with Crippen molar-refractivity contribution in [1.29, 1.82) is 0 Å². The molecule has 4 aromatic rings. The van der Waals surface area contributed by atoms with Crippen molar-refractivity contribution in [3.8, 4) is 0 Å². The number of amides is 4. The first kappa shape index (κ1) is 30.2. The van der Waals surface area contributed by atoms with Crippen LogP contribution >= 0.6 is 0 Å². The number of ketones is 2. The van der Waals surface area contributed by atoms with Crippen molar-refractivity contribution >= 4 is 40.8 Å². The predicted octanol–water partition coefficient (Wildman–Crippen LogP) is 5.42. The number of hydrogen-bond acceptors (Lipinski definition) is 7. The summed E-state index contributed by atoms with van der Waals surface area (Å²) in [5, 5.41) is 28.5. The molecule has 0 fully saturated rings. The maximum atomic E-state index is 14.8. The lowest BCUT2D eigenvalue weighted by Gasteiger charge is -2.32. The van der Waals surface area contributed by atoms with Crippen LogP contribution in [-0.2, 0) is 35.5 Å². The normalized spacial score (nSPS) is 15.9. The summed E-state index contributed by atoms with van der Waals surface area (Å²) in [7, 11) is 0. The van der Waals surface area contributed by atoms with E-state index in [1.165, 1.54) is 21.9 Å². The smallest absolute Gasteiger partial charge is 0.329 e. The van der Waals surface area contributed by atoms with Gasteiger partial charge in [0.1, 0.15) is 0 Å². The Bertz CT molecular complexity index is 1960. The summed E-state index contributed by atoms with van der Waals surface area (Å²) < 4.78 is 0. The highest BCUT2D eigenvalue weighted by molar-refractivity contribution is 6.52. The van der Waals surface area contributed by atoms with Gasteiger partial charge in [0.25, 0.3) is 23.4 Å². The number of aliphatic hydroxyl groups excluding tert-OH is 2. The van der Waals surface area contributed by atoms with Gasteiger partial charge in [0.2, 0.25) is 0 Å². The van der Waals surface area contributed by atoms with Crippen LogP contribution in [-0.4, -0.2) is 49.4 Å². The molecule has 0 saturated carbocycles. The van der Waals surface area contributed by atoms with Gasteiger partial charge in [-0.2, -0.15) is 0 Å². The van der Waals surface area contributed by atoms with Gasteiger partial charge < -0.3 is 20.8 Å². The molecule has 238 valence electrons. The molecule has 3 heterocycles. The highest BCUT2D eigenvalue weighted by atomic mass is 16.3. The minimum absolute atomic E-state index is 0.0694. The monoisotopic (exact) mass is 640 g/mol. The van der Waals surface area contributed by atoms with E-state index in [4.69, 9.17) is 0 Å². The van der Waals surface area contributed by atoms with E-state index in [1.807, 2.05) is 60.7 Å². The quantitative estimate of drug-likeness (QED) is 0.188. The van der Waals surface area contributed by atoms with E-state index in [0.29, 0.717) is 22.5 Å². The number of benzene rings is 4. The number of Topliss-reactive ketones (excluding diaryl/α,β-unsaturated/α-hetero) is 2. The Hall–Kier alpha value is -6.49. The number of hydrogen-bond donors (Lipinski definition) is 4. The topological polar surface area (TPSA) is 156 Å². The molecule has 11 nitrogen and oxygen atoms in total. The Morgan fingerprint density at radius 1 is 0.500 bits per heavy atom. The second kappa shape index (κ2) is 12.0. The van der Waals surface area contributed by atoms with E-state index in [9.17, 15) is 34.2 Å². The van der Waals surface area contributed by atoms with Gasteiger partial charge in [0.15, 0.2) is 11.5 Å². The van der Waals surface area contributed by atoms with Crippen LogP contribution in [0.1, 0.15) is 43.0 Å². The molecular formula is C37H28N4O7. The lowest BCUT2D eigenvalue weighted by molar-refractivity contribution is -0.112. The average Bonchev–Trinajstić information content (AvgIpc) is 3.54. The van der Waals surface area contributed by atoms with E-state index in [-0.39, 0.29) is 48.5 Å². The molecule has 7 rings (SSSR count). The Labute approximate surface area is 274 Å². The molecule has 0 saturated heterocycles. The van der Waals surface area contributed by atoms with E-state index in [1.54, 1.807) is 24.3 Å². The third kappa shape index (κ3) is 5.47. The Morgan fingerprint density at radius 3 is 1.29 bits per heavy atom. The fraction of sp³-hybridized carbons (Fsp3) is 0.108. The lowest BCUT2D eigenvalue weighted by Crippen LogP contribution is -2.41. The largest absolute Gasteiger partial charge is 0.503 e. The Kier molecular flexibility index (Phi) is 7.56.